The second kappa shape index (κ2) is 8.55. The van der Waals surface area contributed by atoms with Crippen LogP contribution in [0.15, 0.2) is 30.0 Å². The van der Waals surface area contributed by atoms with E-state index < -0.39 is 0 Å². The van der Waals surface area contributed by atoms with E-state index in [1.807, 2.05) is 6.07 Å². The summed E-state index contributed by atoms with van der Waals surface area (Å²) in [5.74, 6) is -0.352. The van der Waals surface area contributed by atoms with Gasteiger partial charge in [0, 0.05) is 50.5 Å². The number of rotatable bonds is 5. The molecule has 8 heteroatoms. The van der Waals surface area contributed by atoms with Gasteiger partial charge in [-0.05, 0) is 18.2 Å². The van der Waals surface area contributed by atoms with Gasteiger partial charge < -0.3 is 21.1 Å². The summed E-state index contributed by atoms with van der Waals surface area (Å²) in [6, 6.07) is 6.39. The number of nitriles is 1. The van der Waals surface area contributed by atoms with Crippen LogP contribution in [0.25, 0.3) is 0 Å². The molecule has 2 rings (SSSR count). The van der Waals surface area contributed by atoms with E-state index >= 15 is 0 Å². The standard InChI is InChI=1S/C16H20ClN5O2/c17-13-1-2-15(23)14(9-13)20-11-12(10-19)16(24)22-7-5-21(4-3-18)6-8-22/h1-2,9,11,20,23H,3-8,18H2/b12-11-. The van der Waals surface area contributed by atoms with E-state index in [1.54, 1.807) is 11.0 Å². The number of carbonyl (C=O) groups excluding carboxylic acids is 1. The van der Waals surface area contributed by atoms with Gasteiger partial charge in [0.2, 0.25) is 0 Å². The summed E-state index contributed by atoms with van der Waals surface area (Å²) >= 11 is 5.86. The highest BCUT2D eigenvalue weighted by Crippen LogP contribution is 2.26. The SMILES string of the molecule is N#C/C(=C/Nc1cc(Cl)ccc1O)C(=O)N1CCN(CCN)CC1. The number of halogens is 1. The number of aromatic hydroxyl groups is 1. The lowest BCUT2D eigenvalue weighted by molar-refractivity contribution is -0.128. The second-order valence-electron chi connectivity index (χ2n) is 5.40. The molecule has 0 spiro atoms. The molecule has 0 unspecified atom stereocenters. The van der Waals surface area contributed by atoms with E-state index in [1.165, 1.54) is 18.3 Å². The largest absolute Gasteiger partial charge is 0.506 e. The molecular weight excluding hydrogens is 330 g/mol. The summed E-state index contributed by atoms with van der Waals surface area (Å²) in [6.07, 6.45) is 1.29. The second-order valence-corrected chi connectivity index (χ2v) is 5.83. The van der Waals surface area contributed by atoms with Crippen molar-refractivity contribution in [3.05, 3.63) is 35.0 Å². The van der Waals surface area contributed by atoms with E-state index in [4.69, 9.17) is 17.3 Å². The van der Waals surface area contributed by atoms with Gasteiger partial charge in [-0.2, -0.15) is 5.26 Å². The smallest absolute Gasteiger partial charge is 0.266 e. The molecule has 1 aliphatic heterocycles. The highest BCUT2D eigenvalue weighted by Gasteiger charge is 2.23. The molecule has 0 atom stereocenters. The molecular formula is C16H20ClN5O2. The van der Waals surface area contributed by atoms with Gasteiger partial charge in [0.15, 0.2) is 0 Å². The molecule has 0 saturated carbocycles. The third-order valence-corrected chi connectivity index (χ3v) is 4.02. The summed E-state index contributed by atoms with van der Waals surface area (Å²) in [4.78, 5) is 16.3. The molecule has 128 valence electrons. The molecule has 1 fully saturated rings. The van der Waals surface area contributed by atoms with Gasteiger partial charge >= 0.3 is 0 Å². The maximum Gasteiger partial charge on any atom is 0.266 e. The number of hydrogen-bond acceptors (Lipinski definition) is 6. The van der Waals surface area contributed by atoms with Gasteiger partial charge in [-0.3, -0.25) is 9.69 Å². The van der Waals surface area contributed by atoms with Crippen LogP contribution in [0.2, 0.25) is 5.02 Å². The minimum atomic E-state index is -0.334. The zero-order chi connectivity index (χ0) is 17.5. The van der Waals surface area contributed by atoms with Gasteiger partial charge in [0.1, 0.15) is 17.4 Å². The van der Waals surface area contributed by atoms with E-state index in [0.29, 0.717) is 30.3 Å². The number of benzene rings is 1. The Morgan fingerprint density at radius 2 is 2.12 bits per heavy atom. The first-order chi connectivity index (χ1) is 11.5. The van der Waals surface area contributed by atoms with Crippen molar-refractivity contribution in [1.29, 1.82) is 5.26 Å². The van der Waals surface area contributed by atoms with Gasteiger partial charge in [-0.25, -0.2) is 0 Å². The van der Waals surface area contributed by atoms with Crippen molar-refractivity contribution in [3.63, 3.8) is 0 Å². The lowest BCUT2D eigenvalue weighted by Gasteiger charge is -2.34. The molecule has 0 bridgehead atoms. The quantitative estimate of drug-likeness (QED) is 0.415. The Kier molecular flexibility index (Phi) is 6.44. The predicted molar refractivity (Wildman–Crippen MR) is 92.5 cm³/mol. The summed E-state index contributed by atoms with van der Waals surface area (Å²) in [5.41, 5.74) is 5.83. The Hall–Kier alpha value is -2.27. The summed E-state index contributed by atoms with van der Waals surface area (Å²) in [7, 11) is 0. The van der Waals surface area contributed by atoms with Crippen molar-refractivity contribution in [2.24, 2.45) is 5.73 Å². The topological polar surface area (TPSA) is 106 Å². The van der Waals surface area contributed by atoms with Crippen LogP contribution in [-0.4, -0.2) is 60.1 Å². The summed E-state index contributed by atoms with van der Waals surface area (Å²) in [5, 5.41) is 22.2. The predicted octanol–water partition coefficient (Wildman–Crippen LogP) is 0.968. The van der Waals surface area contributed by atoms with Crippen LogP contribution in [0.3, 0.4) is 0 Å². The van der Waals surface area contributed by atoms with Crippen LogP contribution in [0.1, 0.15) is 0 Å². The Morgan fingerprint density at radius 3 is 2.75 bits per heavy atom. The average Bonchev–Trinajstić information content (AvgIpc) is 2.59. The van der Waals surface area contributed by atoms with Crippen LogP contribution in [-0.2, 0) is 4.79 Å². The van der Waals surface area contributed by atoms with Gasteiger partial charge in [-0.15, -0.1) is 0 Å². The number of anilines is 1. The van der Waals surface area contributed by atoms with Crippen molar-refractivity contribution in [1.82, 2.24) is 9.80 Å². The number of piperazine rings is 1. The van der Waals surface area contributed by atoms with Gasteiger partial charge in [0.25, 0.3) is 5.91 Å². The number of nitrogens with zero attached hydrogens (tertiary/aromatic N) is 3. The molecule has 4 N–H and O–H groups in total. The highest BCUT2D eigenvalue weighted by molar-refractivity contribution is 6.30. The summed E-state index contributed by atoms with van der Waals surface area (Å²) < 4.78 is 0. The molecule has 0 aromatic heterocycles. The maximum atomic E-state index is 12.4. The van der Waals surface area contributed by atoms with Crippen LogP contribution < -0.4 is 11.1 Å². The number of hydrogen-bond donors (Lipinski definition) is 3. The van der Waals surface area contributed by atoms with Crippen LogP contribution in [0.4, 0.5) is 5.69 Å². The molecule has 1 aliphatic rings. The Balaban J connectivity index is 2.01. The fourth-order valence-corrected chi connectivity index (χ4v) is 2.62. The molecule has 24 heavy (non-hydrogen) atoms. The van der Waals surface area contributed by atoms with Crippen molar-refractivity contribution in [2.75, 3.05) is 44.6 Å². The molecule has 1 aromatic carbocycles. The zero-order valence-corrected chi connectivity index (χ0v) is 14.0. The lowest BCUT2D eigenvalue weighted by atomic mass is 10.2. The minimum absolute atomic E-state index is 0.0178. The third-order valence-electron chi connectivity index (χ3n) is 3.79. The van der Waals surface area contributed by atoms with Crippen LogP contribution >= 0.6 is 11.6 Å². The van der Waals surface area contributed by atoms with Crippen molar-refractivity contribution in [2.45, 2.75) is 0 Å². The Bertz CT molecular complexity index is 663. The fourth-order valence-electron chi connectivity index (χ4n) is 2.44. The number of nitrogens with two attached hydrogens (primary N) is 1. The molecule has 1 aromatic rings. The lowest BCUT2D eigenvalue weighted by Crippen LogP contribution is -2.50. The number of amides is 1. The molecule has 1 saturated heterocycles. The Morgan fingerprint density at radius 1 is 1.42 bits per heavy atom. The van der Waals surface area contributed by atoms with Crippen molar-refractivity contribution in [3.8, 4) is 11.8 Å². The van der Waals surface area contributed by atoms with E-state index in [2.05, 4.69) is 10.2 Å². The van der Waals surface area contributed by atoms with Crippen LogP contribution in [0.5, 0.6) is 5.75 Å². The van der Waals surface area contributed by atoms with E-state index in [-0.39, 0.29) is 17.2 Å². The number of carbonyl (C=O) groups is 1. The minimum Gasteiger partial charge on any atom is -0.506 e. The maximum absolute atomic E-state index is 12.4. The molecule has 1 heterocycles. The molecule has 1 amide bonds. The Labute approximate surface area is 145 Å². The molecule has 7 nitrogen and oxygen atoms in total. The van der Waals surface area contributed by atoms with Crippen molar-refractivity contribution < 1.29 is 9.90 Å². The number of nitrogens with one attached hydrogen (secondary N) is 1. The van der Waals surface area contributed by atoms with Gasteiger partial charge in [-0.1, -0.05) is 11.6 Å². The molecule has 0 aliphatic carbocycles. The monoisotopic (exact) mass is 349 g/mol. The highest BCUT2D eigenvalue weighted by atomic mass is 35.5. The fraction of sp³-hybridized carbons (Fsp3) is 0.375. The molecule has 0 radical (unpaired) electrons. The first kappa shape index (κ1) is 18.1. The third kappa shape index (κ3) is 4.61. The van der Waals surface area contributed by atoms with Gasteiger partial charge in [0.05, 0.1) is 5.69 Å². The van der Waals surface area contributed by atoms with Crippen LogP contribution in [0, 0.1) is 11.3 Å². The van der Waals surface area contributed by atoms with E-state index in [9.17, 15) is 15.2 Å². The normalized spacial score (nSPS) is 15.9. The zero-order valence-electron chi connectivity index (χ0n) is 13.2. The first-order valence-corrected chi connectivity index (χ1v) is 8.00. The van der Waals surface area contributed by atoms with Crippen molar-refractivity contribution >= 4 is 23.2 Å². The van der Waals surface area contributed by atoms with E-state index in [0.717, 1.165) is 19.6 Å². The average molecular weight is 350 g/mol. The number of phenols is 1. The number of phenolic OH excluding ortho intramolecular Hbond substituents is 1. The summed E-state index contributed by atoms with van der Waals surface area (Å²) in [6.45, 7) is 3.98. The first-order valence-electron chi connectivity index (χ1n) is 7.62.